The zero-order valence-corrected chi connectivity index (χ0v) is 30.5. The summed E-state index contributed by atoms with van der Waals surface area (Å²) in [6.45, 7) is 8.81. The SMILES string of the molecule is C[C@H](CC1(c2nn[nH]n2)c2ccc(C(=O)N3CCN(C)CC3)cc2CCc2cc(C(=O)N3CCN(C)CC3)ccc21)NCC(=O)N1CCCC1C#N. The highest BCUT2D eigenvalue weighted by Gasteiger charge is 2.46. The average Bonchev–Trinajstić information content (AvgIpc) is 3.87. The number of carbonyl (C=O) groups is 3. The molecule has 2 N–H and O–H groups in total. The van der Waals surface area contributed by atoms with Crippen LogP contribution in [0.2, 0.25) is 0 Å². The smallest absolute Gasteiger partial charge is 0.253 e. The molecule has 3 saturated heterocycles. The van der Waals surface area contributed by atoms with Crippen molar-refractivity contribution in [2.45, 2.75) is 56.5 Å². The summed E-state index contributed by atoms with van der Waals surface area (Å²) in [5.74, 6) is 0.436. The minimum absolute atomic E-state index is 0.0222. The lowest BCUT2D eigenvalue weighted by molar-refractivity contribution is -0.130. The van der Waals surface area contributed by atoms with Gasteiger partial charge in [-0.25, -0.2) is 0 Å². The summed E-state index contributed by atoms with van der Waals surface area (Å²) >= 11 is 0. The van der Waals surface area contributed by atoms with Gasteiger partial charge in [-0.1, -0.05) is 17.3 Å². The van der Waals surface area contributed by atoms with Crippen LogP contribution in [0.4, 0.5) is 0 Å². The molecule has 0 spiro atoms. The van der Waals surface area contributed by atoms with Crippen LogP contribution in [0, 0.1) is 11.3 Å². The summed E-state index contributed by atoms with van der Waals surface area (Å²) in [6, 6.07) is 13.7. The maximum absolute atomic E-state index is 13.8. The fraction of sp³-hybridized carbons (Fsp3) is 0.553. The molecule has 52 heavy (non-hydrogen) atoms. The summed E-state index contributed by atoms with van der Waals surface area (Å²) in [5, 5.41) is 29.0. The van der Waals surface area contributed by atoms with Gasteiger partial charge >= 0.3 is 0 Å². The predicted octanol–water partition coefficient (Wildman–Crippen LogP) is 1.29. The number of benzene rings is 2. The number of hydrogen-bond acceptors (Lipinski definition) is 10. The van der Waals surface area contributed by atoms with Gasteiger partial charge in [0.15, 0.2) is 5.82 Å². The van der Waals surface area contributed by atoms with Crippen molar-refractivity contribution >= 4 is 17.7 Å². The predicted molar refractivity (Wildman–Crippen MR) is 194 cm³/mol. The van der Waals surface area contributed by atoms with Gasteiger partial charge in [-0.05, 0) is 99.6 Å². The number of fused-ring (bicyclic) bond motifs is 2. The fourth-order valence-corrected chi connectivity index (χ4v) is 8.49. The number of likely N-dealkylation sites (tertiary alicyclic amines) is 1. The first-order chi connectivity index (χ1) is 25.2. The third-order valence-electron chi connectivity index (χ3n) is 11.5. The minimum atomic E-state index is -0.919. The van der Waals surface area contributed by atoms with Gasteiger partial charge in [0.1, 0.15) is 6.04 Å². The number of nitrogens with zero attached hydrogens (tertiary/aromatic N) is 9. The molecule has 1 unspecified atom stereocenters. The molecule has 1 aliphatic carbocycles. The van der Waals surface area contributed by atoms with Gasteiger partial charge in [0.05, 0.1) is 18.0 Å². The van der Waals surface area contributed by atoms with Gasteiger partial charge in [0.25, 0.3) is 11.8 Å². The normalized spacial score (nSPS) is 21.2. The largest absolute Gasteiger partial charge is 0.336 e. The summed E-state index contributed by atoms with van der Waals surface area (Å²) in [6.07, 6.45) is 3.31. The van der Waals surface area contributed by atoms with Crippen molar-refractivity contribution < 1.29 is 14.4 Å². The monoisotopic (exact) mass is 707 g/mol. The Kier molecular flexibility index (Phi) is 10.4. The van der Waals surface area contributed by atoms with Crippen LogP contribution in [0.25, 0.3) is 0 Å². The number of H-pyrrole nitrogens is 1. The first-order valence-electron chi connectivity index (χ1n) is 18.6. The Bertz CT molecular complexity index is 1740. The van der Waals surface area contributed by atoms with Crippen molar-refractivity contribution in [2.75, 3.05) is 79.5 Å². The maximum atomic E-state index is 13.8. The number of nitrogens with one attached hydrogen (secondary N) is 2. The van der Waals surface area contributed by atoms with E-state index in [-0.39, 0.29) is 36.3 Å². The molecular weight excluding hydrogens is 658 g/mol. The lowest BCUT2D eigenvalue weighted by atomic mass is 9.67. The molecule has 2 aromatic carbocycles. The quantitative estimate of drug-likeness (QED) is 0.350. The molecule has 1 aromatic heterocycles. The Labute approximate surface area is 305 Å². The van der Waals surface area contributed by atoms with Crippen molar-refractivity contribution in [2.24, 2.45) is 0 Å². The van der Waals surface area contributed by atoms with E-state index in [0.29, 0.717) is 75.4 Å². The van der Waals surface area contributed by atoms with Crippen LogP contribution in [0.5, 0.6) is 0 Å². The Morgan fingerprint density at radius 3 is 1.94 bits per heavy atom. The number of carbonyl (C=O) groups excluding carboxylic acids is 3. The number of hydrogen-bond donors (Lipinski definition) is 2. The fourth-order valence-electron chi connectivity index (χ4n) is 8.49. The lowest BCUT2D eigenvalue weighted by Gasteiger charge is -2.37. The number of aromatic nitrogens is 4. The first-order valence-corrected chi connectivity index (χ1v) is 18.6. The molecule has 4 heterocycles. The van der Waals surface area contributed by atoms with E-state index in [2.05, 4.69) is 55.9 Å². The number of rotatable bonds is 8. The molecule has 3 fully saturated rings. The van der Waals surface area contributed by atoms with Gasteiger partial charge in [-0.15, -0.1) is 10.2 Å². The highest BCUT2D eigenvalue weighted by molar-refractivity contribution is 5.95. The van der Waals surface area contributed by atoms with Crippen LogP contribution < -0.4 is 5.32 Å². The highest BCUT2D eigenvalue weighted by atomic mass is 16.2. The molecule has 3 aliphatic heterocycles. The molecule has 14 heteroatoms. The van der Waals surface area contributed by atoms with Gasteiger partial charge in [-0.3, -0.25) is 14.4 Å². The molecule has 14 nitrogen and oxygen atoms in total. The van der Waals surface area contributed by atoms with E-state index in [1.807, 2.05) is 53.1 Å². The van der Waals surface area contributed by atoms with Crippen LogP contribution in [0.15, 0.2) is 36.4 Å². The molecule has 0 saturated carbocycles. The molecule has 7 rings (SSSR count). The average molecular weight is 708 g/mol. The third kappa shape index (κ3) is 6.92. The summed E-state index contributed by atoms with van der Waals surface area (Å²) in [4.78, 5) is 50.9. The van der Waals surface area contributed by atoms with E-state index in [1.54, 1.807) is 4.90 Å². The van der Waals surface area contributed by atoms with Crippen LogP contribution in [0.1, 0.15) is 75.0 Å². The zero-order chi connectivity index (χ0) is 36.4. The third-order valence-corrected chi connectivity index (χ3v) is 11.5. The molecule has 4 aliphatic rings. The lowest BCUT2D eigenvalue weighted by Crippen LogP contribution is -2.47. The molecule has 0 radical (unpaired) electrons. The van der Waals surface area contributed by atoms with Gasteiger partial charge in [0, 0.05) is 76.1 Å². The van der Waals surface area contributed by atoms with Crippen molar-refractivity contribution in [1.82, 2.24) is 50.4 Å². The van der Waals surface area contributed by atoms with Crippen LogP contribution in [-0.2, 0) is 23.1 Å². The second kappa shape index (κ2) is 15.1. The molecular formula is C38H49N11O3. The number of tetrazole rings is 1. The van der Waals surface area contributed by atoms with Crippen LogP contribution >= 0.6 is 0 Å². The number of nitriles is 1. The maximum Gasteiger partial charge on any atom is 0.253 e. The van der Waals surface area contributed by atoms with Gasteiger partial charge < -0.3 is 29.8 Å². The number of likely N-dealkylation sites (N-methyl/N-ethyl adjacent to an activating group) is 2. The molecule has 3 aromatic rings. The Balaban J connectivity index is 1.27. The summed E-state index contributed by atoms with van der Waals surface area (Å²) in [7, 11) is 4.15. The Morgan fingerprint density at radius 2 is 1.44 bits per heavy atom. The minimum Gasteiger partial charge on any atom is -0.336 e. The van der Waals surface area contributed by atoms with Gasteiger partial charge in [0.2, 0.25) is 5.91 Å². The zero-order valence-electron chi connectivity index (χ0n) is 30.5. The van der Waals surface area contributed by atoms with Crippen molar-refractivity contribution in [3.63, 3.8) is 0 Å². The molecule has 274 valence electrons. The molecule has 0 bridgehead atoms. The first kappa shape index (κ1) is 35.7. The van der Waals surface area contributed by atoms with Gasteiger partial charge in [-0.2, -0.15) is 10.5 Å². The van der Waals surface area contributed by atoms with E-state index in [1.165, 1.54) is 0 Å². The van der Waals surface area contributed by atoms with E-state index in [4.69, 9.17) is 0 Å². The van der Waals surface area contributed by atoms with Crippen molar-refractivity contribution in [3.8, 4) is 6.07 Å². The van der Waals surface area contributed by atoms with Crippen LogP contribution in [0.3, 0.4) is 0 Å². The van der Waals surface area contributed by atoms with Crippen molar-refractivity contribution in [3.05, 3.63) is 75.6 Å². The Morgan fingerprint density at radius 1 is 0.885 bits per heavy atom. The molecule has 3 amide bonds. The number of aromatic amines is 1. The van der Waals surface area contributed by atoms with E-state index in [9.17, 15) is 19.6 Å². The second-order valence-corrected chi connectivity index (χ2v) is 14.9. The second-order valence-electron chi connectivity index (χ2n) is 14.9. The van der Waals surface area contributed by atoms with Crippen LogP contribution in [-0.4, -0.2) is 154 Å². The molecule has 2 atom stereocenters. The summed E-state index contributed by atoms with van der Waals surface area (Å²) in [5.41, 5.74) is 4.37. The topological polar surface area (TPSA) is 158 Å². The van der Waals surface area contributed by atoms with E-state index < -0.39 is 5.41 Å². The standard InChI is InChI=1S/C38H49N11O3/c1-26(40-25-34(50)49-12-4-5-31(49)24-39)23-38(37-41-43-44-42-37)32-10-8-29(35(51)47-17-13-45(2)14-18-47)21-27(32)6-7-28-22-30(9-11-33(28)38)36(52)48-19-15-46(3)16-20-48/h8-11,21-22,26,31,40H,4-7,12-20,23,25H2,1-3H3,(H,41,42,43,44)/t26-,31?/m1/s1. The number of amides is 3. The van der Waals surface area contributed by atoms with E-state index in [0.717, 1.165) is 54.9 Å². The highest BCUT2D eigenvalue weighted by Crippen LogP contribution is 2.47. The van der Waals surface area contributed by atoms with E-state index >= 15 is 0 Å². The Hall–Kier alpha value is -4.71. The summed E-state index contributed by atoms with van der Waals surface area (Å²) < 4.78 is 0. The number of aryl methyl sites for hydroxylation is 2. The number of piperazine rings is 2. The van der Waals surface area contributed by atoms with Crippen molar-refractivity contribution in [1.29, 1.82) is 5.26 Å².